The van der Waals surface area contributed by atoms with Gasteiger partial charge in [0, 0.05) is 17.3 Å². The molecule has 0 bridgehead atoms. The molecule has 80 valence electrons. The molecule has 0 saturated heterocycles. The fraction of sp³-hybridized carbons (Fsp3) is 0.333. The second-order valence-corrected chi connectivity index (χ2v) is 4.57. The highest BCUT2D eigenvalue weighted by molar-refractivity contribution is 7.17. The molecule has 0 aliphatic rings. The second-order valence-electron chi connectivity index (χ2n) is 3.66. The fourth-order valence-electron chi connectivity index (χ4n) is 1.75. The van der Waals surface area contributed by atoms with E-state index >= 15 is 0 Å². The van der Waals surface area contributed by atoms with Gasteiger partial charge in [0.2, 0.25) is 0 Å². The van der Waals surface area contributed by atoms with E-state index in [-0.39, 0.29) is 12.6 Å². The Morgan fingerprint density at radius 1 is 1.33 bits per heavy atom. The summed E-state index contributed by atoms with van der Waals surface area (Å²) in [6.07, 6.45) is 1.61. The first-order valence-electron chi connectivity index (χ1n) is 5.15. The second kappa shape index (κ2) is 4.75. The van der Waals surface area contributed by atoms with Crippen LogP contribution in [0.2, 0.25) is 0 Å². The maximum absolute atomic E-state index is 8.77. The molecule has 1 aromatic heterocycles. The van der Waals surface area contributed by atoms with E-state index in [1.54, 1.807) is 11.3 Å². The van der Waals surface area contributed by atoms with Crippen molar-refractivity contribution < 1.29 is 5.11 Å². The zero-order valence-corrected chi connectivity index (χ0v) is 9.33. The molecule has 3 heteroatoms. The number of hydrogen-bond donors (Lipinski definition) is 2. The van der Waals surface area contributed by atoms with Crippen LogP contribution in [0.3, 0.4) is 0 Å². The van der Waals surface area contributed by atoms with Crippen LogP contribution < -0.4 is 5.73 Å². The lowest BCUT2D eigenvalue weighted by Gasteiger charge is -2.09. The monoisotopic (exact) mass is 221 g/mol. The Morgan fingerprint density at radius 3 is 2.93 bits per heavy atom. The summed E-state index contributed by atoms with van der Waals surface area (Å²) in [7, 11) is 0. The predicted molar refractivity (Wildman–Crippen MR) is 65.1 cm³/mol. The van der Waals surface area contributed by atoms with E-state index in [2.05, 4.69) is 17.5 Å². The lowest BCUT2D eigenvalue weighted by atomic mass is 10.0. The SMILES string of the molecule is N[C@H](CCCO)c1csc2ccccc12. The van der Waals surface area contributed by atoms with Gasteiger partial charge in [-0.25, -0.2) is 0 Å². The zero-order chi connectivity index (χ0) is 10.7. The Hall–Kier alpha value is -0.900. The van der Waals surface area contributed by atoms with Gasteiger partial charge in [-0.1, -0.05) is 18.2 Å². The number of thiophene rings is 1. The molecule has 0 aliphatic carbocycles. The van der Waals surface area contributed by atoms with Crippen LogP contribution in [0.15, 0.2) is 29.6 Å². The van der Waals surface area contributed by atoms with Gasteiger partial charge in [-0.15, -0.1) is 11.3 Å². The molecule has 15 heavy (non-hydrogen) atoms. The molecular formula is C12H15NOS. The van der Waals surface area contributed by atoms with E-state index in [9.17, 15) is 0 Å². The molecule has 2 rings (SSSR count). The van der Waals surface area contributed by atoms with Crippen LogP contribution in [0.25, 0.3) is 10.1 Å². The number of benzene rings is 1. The van der Waals surface area contributed by atoms with Gasteiger partial charge in [0.1, 0.15) is 0 Å². The van der Waals surface area contributed by atoms with Gasteiger partial charge in [-0.3, -0.25) is 0 Å². The van der Waals surface area contributed by atoms with Gasteiger partial charge in [-0.2, -0.15) is 0 Å². The molecule has 0 fully saturated rings. The third kappa shape index (κ3) is 2.20. The number of aliphatic hydroxyl groups is 1. The number of fused-ring (bicyclic) bond motifs is 1. The Balaban J connectivity index is 2.27. The summed E-state index contributed by atoms with van der Waals surface area (Å²) in [4.78, 5) is 0. The molecule has 0 spiro atoms. The topological polar surface area (TPSA) is 46.2 Å². The van der Waals surface area contributed by atoms with E-state index in [1.165, 1.54) is 15.6 Å². The van der Waals surface area contributed by atoms with Crippen LogP contribution in [0.5, 0.6) is 0 Å². The minimum Gasteiger partial charge on any atom is -0.396 e. The van der Waals surface area contributed by atoms with Crippen LogP contribution in [-0.4, -0.2) is 11.7 Å². The first-order chi connectivity index (χ1) is 7.33. The number of nitrogens with two attached hydrogens (primary N) is 1. The summed E-state index contributed by atoms with van der Waals surface area (Å²) in [6, 6.07) is 8.36. The third-order valence-electron chi connectivity index (χ3n) is 2.58. The number of hydrogen-bond acceptors (Lipinski definition) is 3. The first-order valence-corrected chi connectivity index (χ1v) is 6.03. The summed E-state index contributed by atoms with van der Waals surface area (Å²) >= 11 is 1.73. The van der Waals surface area contributed by atoms with Crippen molar-refractivity contribution in [3.63, 3.8) is 0 Å². The normalized spacial score (nSPS) is 13.2. The molecule has 0 saturated carbocycles. The minimum atomic E-state index is 0.0494. The molecule has 3 N–H and O–H groups in total. The predicted octanol–water partition coefficient (Wildman–Crippen LogP) is 2.67. The molecule has 0 aliphatic heterocycles. The van der Waals surface area contributed by atoms with Crippen LogP contribution in [-0.2, 0) is 0 Å². The largest absolute Gasteiger partial charge is 0.396 e. The molecule has 2 aromatic rings. The standard InChI is InChI=1S/C12H15NOS/c13-11(5-3-7-14)10-8-15-12-6-2-1-4-9(10)12/h1-2,4,6,8,11,14H,3,5,7,13H2/t11-/m1/s1. The average Bonchev–Trinajstić information content (AvgIpc) is 2.69. The third-order valence-corrected chi connectivity index (χ3v) is 3.57. The highest BCUT2D eigenvalue weighted by Gasteiger charge is 2.10. The molecule has 1 heterocycles. The summed E-state index contributed by atoms with van der Waals surface area (Å²) < 4.78 is 1.28. The summed E-state index contributed by atoms with van der Waals surface area (Å²) in [5, 5.41) is 12.2. The maximum Gasteiger partial charge on any atom is 0.0431 e. The molecule has 0 radical (unpaired) electrons. The summed E-state index contributed by atoms with van der Waals surface area (Å²) in [6.45, 7) is 0.218. The molecule has 0 amide bonds. The molecule has 1 aromatic carbocycles. The van der Waals surface area contributed by atoms with E-state index < -0.39 is 0 Å². The Labute approximate surface area is 93.3 Å². The molecule has 2 nitrogen and oxygen atoms in total. The van der Waals surface area contributed by atoms with Gasteiger partial charge >= 0.3 is 0 Å². The van der Waals surface area contributed by atoms with E-state index in [4.69, 9.17) is 10.8 Å². The quantitative estimate of drug-likeness (QED) is 0.833. The number of rotatable bonds is 4. The lowest BCUT2D eigenvalue weighted by Crippen LogP contribution is -2.10. The highest BCUT2D eigenvalue weighted by atomic mass is 32.1. The van der Waals surface area contributed by atoms with Gasteiger partial charge < -0.3 is 10.8 Å². The molecule has 1 atom stereocenters. The van der Waals surface area contributed by atoms with Gasteiger partial charge in [0.05, 0.1) is 0 Å². The van der Waals surface area contributed by atoms with Crippen molar-refractivity contribution >= 4 is 21.4 Å². The van der Waals surface area contributed by atoms with Gasteiger partial charge in [-0.05, 0) is 35.2 Å². The van der Waals surface area contributed by atoms with Crippen LogP contribution in [0.1, 0.15) is 24.4 Å². The summed E-state index contributed by atoms with van der Waals surface area (Å²) in [5.74, 6) is 0. The van der Waals surface area contributed by atoms with Crippen molar-refractivity contribution in [1.82, 2.24) is 0 Å². The first kappa shape index (κ1) is 10.6. The lowest BCUT2D eigenvalue weighted by molar-refractivity contribution is 0.280. The minimum absolute atomic E-state index is 0.0494. The zero-order valence-electron chi connectivity index (χ0n) is 8.52. The van der Waals surface area contributed by atoms with E-state index in [0.29, 0.717) is 0 Å². The Kier molecular flexibility index (Phi) is 3.36. The van der Waals surface area contributed by atoms with E-state index in [0.717, 1.165) is 12.8 Å². The van der Waals surface area contributed by atoms with Crippen molar-refractivity contribution in [3.8, 4) is 0 Å². The highest BCUT2D eigenvalue weighted by Crippen LogP contribution is 2.30. The van der Waals surface area contributed by atoms with Crippen LogP contribution >= 0.6 is 11.3 Å². The Bertz CT molecular complexity index is 438. The number of aliphatic hydroxyl groups excluding tert-OH is 1. The van der Waals surface area contributed by atoms with Crippen molar-refractivity contribution in [2.45, 2.75) is 18.9 Å². The fourth-order valence-corrected chi connectivity index (χ4v) is 2.78. The van der Waals surface area contributed by atoms with Gasteiger partial charge in [0.15, 0.2) is 0 Å². The van der Waals surface area contributed by atoms with Crippen molar-refractivity contribution in [3.05, 3.63) is 35.2 Å². The van der Waals surface area contributed by atoms with Crippen molar-refractivity contribution in [1.29, 1.82) is 0 Å². The summed E-state index contributed by atoms with van der Waals surface area (Å²) in [5.41, 5.74) is 7.30. The smallest absolute Gasteiger partial charge is 0.0431 e. The van der Waals surface area contributed by atoms with Gasteiger partial charge in [0.25, 0.3) is 0 Å². The van der Waals surface area contributed by atoms with Crippen LogP contribution in [0, 0.1) is 0 Å². The average molecular weight is 221 g/mol. The molecular weight excluding hydrogens is 206 g/mol. The molecule has 0 unspecified atom stereocenters. The van der Waals surface area contributed by atoms with Crippen LogP contribution in [0.4, 0.5) is 0 Å². The van der Waals surface area contributed by atoms with Crippen molar-refractivity contribution in [2.75, 3.05) is 6.61 Å². The maximum atomic E-state index is 8.77. The van der Waals surface area contributed by atoms with Crippen molar-refractivity contribution in [2.24, 2.45) is 5.73 Å². The van der Waals surface area contributed by atoms with E-state index in [1.807, 2.05) is 12.1 Å². The Morgan fingerprint density at radius 2 is 2.13 bits per heavy atom.